The molecule has 4 aromatic rings. The van der Waals surface area contributed by atoms with E-state index in [2.05, 4.69) is 4.98 Å². The first-order valence-electron chi connectivity index (χ1n) is 10.4. The molecular weight excluding hydrogens is 420 g/mol. The number of benzene rings is 2. The van der Waals surface area contributed by atoms with E-state index in [4.69, 9.17) is 4.42 Å². The van der Waals surface area contributed by atoms with E-state index in [-0.39, 0.29) is 17.1 Å². The molecule has 5 nitrogen and oxygen atoms in total. The smallest absolute Gasteiger partial charge is 0.296 e. The molecule has 0 radical (unpaired) electrons. The molecule has 2 aromatic carbocycles. The van der Waals surface area contributed by atoms with Crippen LogP contribution >= 0.6 is 11.8 Å². The molecule has 3 heterocycles. The minimum absolute atomic E-state index is 0.0907. The van der Waals surface area contributed by atoms with Gasteiger partial charge in [-0.1, -0.05) is 18.2 Å². The van der Waals surface area contributed by atoms with Crippen molar-refractivity contribution in [2.45, 2.75) is 31.7 Å². The summed E-state index contributed by atoms with van der Waals surface area (Å²) in [6.07, 6.45) is 2.01. The Kier molecular flexibility index (Phi) is 4.90. The zero-order chi connectivity index (χ0) is 22.6. The van der Waals surface area contributed by atoms with Crippen molar-refractivity contribution in [2.75, 3.05) is 11.2 Å². The van der Waals surface area contributed by atoms with Gasteiger partial charge in [-0.25, -0.2) is 4.98 Å². The predicted octanol–water partition coefficient (Wildman–Crippen LogP) is 5.58. The summed E-state index contributed by atoms with van der Waals surface area (Å²) in [4.78, 5) is 34.6. The summed E-state index contributed by atoms with van der Waals surface area (Å²) < 4.78 is 6.09. The summed E-state index contributed by atoms with van der Waals surface area (Å²) in [5, 5.41) is 0.490. The molecule has 0 aliphatic carbocycles. The highest BCUT2D eigenvalue weighted by atomic mass is 32.2. The van der Waals surface area contributed by atoms with Crippen LogP contribution in [0.3, 0.4) is 0 Å². The van der Waals surface area contributed by atoms with E-state index >= 15 is 0 Å². The molecular formula is C26H22N2O3S. The third-order valence-electron chi connectivity index (χ3n) is 6.04. The maximum Gasteiger partial charge on any atom is 0.296 e. The van der Waals surface area contributed by atoms with E-state index in [9.17, 15) is 9.59 Å². The van der Waals surface area contributed by atoms with Crippen molar-refractivity contribution in [1.82, 2.24) is 4.98 Å². The number of nitrogens with zero attached hydrogens (tertiary/aromatic N) is 2. The Labute approximate surface area is 190 Å². The minimum Gasteiger partial charge on any atom is -0.450 e. The van der Waals surface area contributed by atoms with E-state index in [0.717, 1.165) is 27.3 Å². The SMILES string of the molecule is CSc1ccc([C@@H]2c3c(oc4cc(C)c(C)cc4c3=O)C(=O)N2c2cccc(C)n2)cc1. The molecule has 1 aliphatic heterocycles. The first kappa shape index (κ1) is 20.5. The normalized spacial score (nSPS) is 15.4. The number of amides is 1. The van der Waals surface area contributed by atoms with Crippen LogP contribution in [0.5, 0.6) is 0 Å². The van der Waals surface area contributed by atoms with E-state index in [1.165, 1.54) is 0 Å². The number of hydrogen-bond acceptors (Lipinski definition) is 5. The van der Waals surface area contributed by atoms with Gasteiger partial charge in [0.25, 0.3) is 5.91 Å². The second-order valence-corrected chi connectivity index (χ2v) is 8.97. The number of pyridine rings is 1. The Balaban J connectivity index is 1.81. The lowest BCUT2D eigenvalue weighted by molar-refractivity contribution is 0.0970. The highest BCUT2D eigenvalue weighted by Gasteiger charge is 2.44. The molecule has 1 amide bonds. The lowest BCUT2D eigenvalue weighted by atomic mass is 9.97. The molecule has 160 valence electrons. The standard InChI is InChI=1S/C26H22N2O3S/c1-14-12-19-20(13-15(14)2)31-25-22(24(19)29)23(17-8-10-18(32-4)11-9-17)28(26(25)30)21-7-5-6-16(3)27-21/h5-13,23H,1-4H3/t23-/m1/s1. The van der Waals surface area contributed by atoms with Crippen LogP contribution in [0.25, 0.3) is 11.0 Å². The van der Waals surface area contributed by atoms with Crippen LogP contribution in [0.15, 0.2) is 68.7 Å². The fraction of sp³-hybridized carbons (Fsp3) is 0.192. The molecule has 0 unspecified atom stereocenters. The van der Waals surface area contributed by atoms with Crippen LogP contribution in [0.1, 0.15) is 44.5 Å². The highest BCUT2D eigenvalue weighted by molar-refractivity contribution is 7.98. The lowest BCUT2D eigenvalue weighted by Crippen LogP contribution is -2.30. The summed E-state index contributed by atoms with van der Waals surface area (Å²) >= 11 is 1.64. The van der Waals surface area contributed by atoms with Crippen LogP contribution in [-0.4, -0.2) is 17.1 Å². The molecule has 1 aliphatic rings. The minimum atomic E-state index is -0.607. The Morgan fingerprint density at radius 1 is 0.969 bits per heavy atom. The van der Waals surface area contributed by atoms with E-state index < -0.39 is 6.04 Å². The first-order chi connectivity index (χ1) is 15.4. The van der Waals surface area contributed by atoms with Gasteiger partial charge in [0, 0.05) is 10.6 Å². The van der Waals surface area contributed by atoms with Crippen LogP contribution in [0.2, 0.25) is 0 Å². The summed E-state index contributed by atoms with van der Waals surface area (Å²) in [6, 6.07) is 16.5. The quantitative estimate of drug-likeness (QED) is 0.387. The monoisotopic (exact) mass is 442 g/mol. The van der Waals surface area contributed by atoms with E-state index in [1.807, 2.05) is 75.6 Å². The van der Waals surface area contributed by atoms with Gasteiger partial charge in [-0.2, -0.15) is 0 Å². The summed E-state index contributed by atoms with van der Waals surface area (Å²) in [5.41, 5.74) is 4.27. The fourth-order valence-electron chi connectivity index (χ4n) is 4.23. The van der Waals surface area contributed by atoms with Crippen molar-refractivity contribution in [3.63, 3.8) is 0 Å². The predicted molar refractivity (Wildman–Crippen MR) is 128 cm³/mol. The maximum absolute atomic E-state index is 13.7. The molecule has 0 saturated heterocycles. The Hall–Kier alpha value is -3.38. The van der Waals surface area contributed by atoms with Gasteiger partial charge in [0.2, 0.25) is 5.76 Å². The van der Waals surface area contributed by atoms with Crippen LogP contribution in [0.4, 0.5) is 5.82 Å². The van der Waals surface area contributed by atoms with Crippen LogP contribution in [-0.2, 0) is 0 Å². The number of thioether (sulfide) groups is 1. The number of aromatic nitrogens is 1. The second-order valence-electron chi connectivity index (χ2n) is 8.09. The molecule has 0 spiro atoms. The van der Waals surface area contributed by atoms with Crippen molar-refractivity contribution in [1.29, 1.82) is 0 Å². The molecule has 0 N–H and O–H groups in total. The maximum atomic E-state index is 13.7. The number of carbonyl (C=O) groups is 1. The van der Waals surface area contributed by atoms with Crippen LogP contribution < -0.4 is 10.3 Å². The van der Waals surface area contributed by atoms with Crippen LogP contribution in [0, 0.1) is 20.8 Å². The van der Waals surface area contributed by atoms with Gasteiger partial charge < -0.3 is 4.42 Å². The Morgan fingerprint density at radius 2 is 1.69 bits per heavy atom. The highest BCUT2D eigenvalue weighted by Crippen LogP contribution is 2.41. The van der Waals surface area contributed by atoms with Crippen molar-refractivity contribution < 1.29 is 9.21 Å². The number of fused-ring (bicyclic) bond motifs is 2. The second kappa shape index (κ2) is 7.64. The molecule has 0 bridgehead atoms. The van der Waals surface area contributed by atoms with Crippen molar-refractivity contribution in [3.8, 4) is 0 Å². The average Bonchev–Trinajstić information content (AvgIpc) is 3.08. The molecule has 5 rings (SSSR count). The average molecular weight is 443 g/mol. The van der Waals surface area contributed by atoms with Gasteiger partial charge in [-0.05, 0) is 80.1 Å². The number of anilines is 1. The van der Waals surface area contributed by atoms with Crippen molar-refractivity contribution in [2.24, 2.45) is 0 Å². The van der Waals surface area contributed by atoms with Gasteiger partial charge >= 0.3 is 0 Å². The molecule has 32 heavy (non-hydrogen) atoms. The zero-order valence-electron chi connectivity index (χ0n) is 18.3. The summed E-state index contributed by atoms with van der Waals surface area (Å²) in [6.45, 7) is 5.81. The number of aryl methyl sites for hydroxylation is 3. The topological polar surface area (TPSA) is 63.4 Å². The van der Waals surface area contributed by atoms with Gasteiger partial charge in [-0.15, -0.1) is 11.8 Å². The molecule has 6 heteroatoms. The zero-order valence-corrected chi connectivity index (χ0v) is 19.1. The lowest BCUT2D eigenvalue weighted by Gasteiger charge is -2.24. The molecule has 1 atom stereocenters. The number of rotatable bonds is 3. The number of carbonyl (C=O) groups excluding carboxylic acids is 1. The third-order valence-corrected chi connectivity index (χ3v) is 6.78. The van der Waals surface area contributed by atoms with Gasteiger partial charge in [0.1, 0.15) is 11.4 Å². The van der Waals surface area contributed by atoms with Gasteiger partial charge in [-0.3, -0.25) is 14.5 Å². The van der Waals surface area contributed by atoms with Gasteiger partial charge in [0.15, 0.2) is 5.43 Å². The number of hydrogen-bond donors (Lipinski definition) is 0. The largest absolute Gasteiger partial charge is 0.450 e. The van der Waals surface area contributed by atoms with E-state index in [1.54, 1.807) is 22.7 Å². The molecule has 0 saturated carbocycles. The Morgan fingerprint density at radius 3 is 2.38 bits per heavy atom. The molecule has 0 fully saturated rings. The summed E-state index contributed by atoms with van der Waals surface area (Å²) in [5.74, 6) is 0.235. The third kappa shape index (κ3) is 3.14. The first-order valence-corrected chi connectivity index (χ1v) is 11.6. The van der Waals surface area contributed by atoms with Crippen molar-refractivity contribution in [3.05, 3.63) is 98.5 Å². The summed E-state index contributed by atoms with van der Waals surface area (Å²) in [7, 11) is 0. The van der Waals surface area contributed by atoms with E-state index in [0.29, 0.717) is 22.4 Å². The fourth-order valence-corrected chi connectivity index (χ4v) is 4.64. The molecule has 2 aromatic heterocycles. The van der Waals surface area contributed by atoms with Gasteiger partial charge in [0.05, 0.1) is 17.0 Å². The van der Waals surface area contributed by atoms with Crippen molar-refractivity contribution >= 4 is 34.5 Å². The Bertz CT molecular complexity index is 1440.